The van der Waals surface area contributed by atoms with Crippen molar-refractivity contribution >= 4 is 0 Å². The molecular weight excluding hydrogens is 242 g/mol. The lowest BCUT2D eigenvalue weighted by atomic mass is 10.1. The summed E-state index contributed by atoms with van der Waals surface area (Å²) in [4.78, 5) is 2.40. The summed E-state index contributed by atoms with van der Waals surface area (Å²) in [5.41, 5.74) is 1.21. The van der Waals surface area contributed by atoms with E-state index in [1.165, 1.54) is 5.56 Å². The van der Waals surface area contributed by atoms with E-state index in [2.05, 4.69) is 30.9 Å². The molecule has 0 radical (unpaired) electrons. The van der Waals surface area contributed by atoms with E-state index in [4.69, 9.17) is 14.2 Å². The molecule has 0 amide bonds. The highest BCUT2D eigenvalue weighted by molar-refractivity contribution is 5.44. The van der Waals surface area contributed by atoms with Crippen molar-refractivity contribution in [2.45, 2.75) is 32.4 Å². The second kappa shape index (κ2) is 5.02. The van der Waals surface area contributed by atoms with Crippen LogP contribution >= 0.6 is 0 Å². The first-order valence-electron chi connectivity index (χ1n) is 6.93. The molecule has 19 heavy (non-hydrogen) atoms. The Labute approximate surface area is 114 Å². The predicted octanol–water partition coefficient (Wildman–Crippen LogP) is 2.42. The molecule has 4 nitrogen and oxygen atoms in total. The molecule has 0 unspecified atom stereocenters. The molecule has 1 fully saturated rings. The highest BCUT2D eigenvalue weighted by Gasteiger charge is 2.32. The van der Waals surface area contributed by atoms with Crippen LogP contribution in [0, 0.1) is 0 Å². The maximum atomic E-state index is 5.71. The van der Waals surface area contributed by atoms with Crippen LogP contribution in [0.4, 0.5) is 0 Å². The number of nitrogens with zero attached hydrogens (tertiary/aromatic N) is 1. The zero-order valence-corrected chi connectivity index (χ0v) is 11.6. The molecule has 0 aromatic heterocycles. The van der Waals surface area contributed by atoms with E-state index in [9.17, 15) is 0 Å². The van der Waals surface area contributed by atoms with Gasteiger partial charge in [-0.2, -0.15) is 0 Å². The molecule has 104 valence electrons. The molecule has 3 rings (SSSR count). The van der Waals surface area contributed by atoms with Gasteiger partial charge in [0.1, 0.15) is 5.72 Å². The number of hydrogen-bond donors (Lipinski definition) is 0. The molecule has 1 saturated heterocycles. The number of hydrogen-bond acceptors (Lipinski definition) is 4. The highest BCUT2D eigenvalue weighted by Crippen LogP contribution is 2.32. The smallest absolute Gasteiger partial charge is 0.231 e. The lowest BCUT2D eigenvalue weighted by Gasteiger charge is -2.29. The Morgan fingerprint density at radius 3 is 2.84 bits per heavy atom. The largest absolute Gasteiger partial charge is 0.454 e. The third kappa shape index (κ3) is 2.69. The van der Waals surface area contributed by atoms with Crippen molar-refractivity contribution in [3.05, 3.63) is 23.8 Å². The van der Waals surface area contributed by atoms with Gasteiger partial charge in [0.2, 0.25) is 6.79 Å². The SMILES string of the molecule is CC1(C)OCCN1CCCc1ccc2c(c1)OCO2. The summed E-state index contributed by atoms with van der Waals surface area (Å²) >= 11 is 0. The van der Waals surface area contributed by atoms with Crippen LogP contribution in [0.5, 0.6) is 11.5 Å². The van der Waals surface area contributed by atoms with Crippen molar-refractivity contribution in [2.24, 2.45) is 0 Å². The van der Waals surface area contributed by atoms with Crippen LogP contribution in [-0.2, 0) is 11.2 Å². The number of rotatable bonds is 4. The van der Waals surface area contributed by atoms with E-state index in [0.29, 0.717) is 6.79 Å². The van der Waals surface area contributed by atoms with Crippen LogP contribution < -0.4 is 9.47 Å². The first-order chi connectivity index (χ1) is 9.15. The van der Waals surface area contributed by atoms with Gasteiger partial charge in [-0.25, -0.2) is 0 Å². The zero-order valence-electron chi connectivity index (χ0n) is 11.6. The van der Waals surface area contributed by atoms with E-state index in [0.717, 1.165) is 44.0 Å². The summed E-state index contributed by atoms with van der Waals surface area (Å²) in [6.45, 7) is 7.58. The number of benzene rings is 1. The fourth-order valence-electron chi connectivity index (χ4n) is 2.72. The molecule has 1 aromatic carbocycles. The van der Waals surface area contributed by atoms with Gasteiger partial charge in [-0.1, -0.05) is 6.07 Å². The number of aryl methyl sites for hydroxylation is 1. The van der Waals surface area contributed by atoms with E-state index >= 15 is 0 Å². The summed E-state index contributed by atoms with van der Waals surface area (Å²) in [5.74, 6) is 1.74. The predicted molar refractivity (Wildman–Crippen MR) is 72.5 cm³/mol. The van der Waals surface area contributed by atoms with Gasteiger partial charge < -0.3 is 14.2 Å². The van der Waals surface area contributed by atoms with E-state index in [1.807, 2.05) is 6.07 Å². The lowest BCUT2D eigenvalue weighted by Crippen LogP contribution is -2.39. The Balaban J connectivity index is 1.53. The van der Waals surface area contributed by atoms with Gasteiger partial charge in [0.05, 0.1) is 6.61 Å². The monoisotopic (exact) mass is 263 g/mol. The summed E-state index contributed by atoms with van der Waals surface area (Å²) in [6.07, 6.45) is 2.19. The molecule has 0 spiro atoms. The summed E-state index contributed by atoms with van der Waals surface area (Å²) < 4.78 is 16.4. The van der Waals surface area contributed by atoms with Crippen molar-refractivity contribution in [1.29, 1.82) is 0 Å². The minimum Gasteiger partial charge on any atom is -0.454 e. The van der Waals surface area contributed by atoms with Gasteiger partial charge in [0, 0.05) is 13.1 Å². The average molecular weight is 263 g/mol. The van der Waals surface area contributed by atoms with Gasteiger partial charge >= 0.3 is 0 Å². The Hall–Kier alpha value is -1.26. The molecular formula is C15H21NO3. The summed E-state index contributed by atoms with van der Waals surface area (Å²) in [7, 11) is 0. The van der Waals surface area contributed by atoms with Crippen LogP contribution in [0.3, 0.4) is 0 Å². The Kier molecular flexibility index (Phi) is 3.37. The van der Waals surface area contributed by atoms with Crippen molar-refractivity contribution in [3.63, 3.8) is 0 Å². The Bertz CT molecular complexity index is 459. The molecule has 0 bridgehead atoms. The van der Waals surface area contributed by atoms with Crippen molar-refractivity contribution in [2.75, 3.05) is 26.5 Å². The molecule has 0 aliphatic carbocycles. The molecule has 2 aliphatic rings. The Morgan fingerprint density at radius 1 is 1.21 bits per heavy atom. The minimum atomic E-state index is -0.102. The molecule has 2 heterocycles. The molecule has 0 saturated carbocycles. The van der Waals surface area contributed by atoms with Crippen molar-refractivity contribution < 1.29 is 14.2 Å². The second-order valence-electron chi connectivity index (χ2n) is 5.57. The third-order valence-corrected chi connectivity index (χ3v) is 3.91. The van der Waals surface area contributed by atoms with Crippen LogP contribution in [0.25, 0.3) is 0 Å². The van der Waals surface area contributed by atoms with E-state index in [1.54, 1.807) is 0 Å². The second-order valence-corrected chi connectivity index (χ2v) is 5.57. The van der Waals surface area contributed by atoms with Crippen molar-refractivity contribution in [1.82, 2.24) is 4.90 Å². The average Bonchev–Trinajstić information content (AvgIpc) is 2.95. The number of fused-ring (bicyclic) bond motifs is 1. The fourth-order valence-corrected chi connectivity index (χ4v) is 2.72. The zero-order chi connectivity index (χ0) is 13.3. The normalized spacial score (nSPS) is 20.9. The minimum absolute atomic E-state index is 0.102. The first-order valence-corrected chi connectivity index (χ1v) is 6.93. The van der Waals surface area contributed by atoms with Crippen LogP contribution in [0.15, 0.2) is 18.2 Å². The van der Waals surface area contributed by atoms with Gasteiger partial charge in [0.25, 0.3) is 0 Å². The van der Waals surface area contributed by atoms with Gasteiger partial charge in [-0.15, -0.1) is 0 Å². The summed E-state index contributed by atoms with van der Waals surface area (Å²) in [6, 6.07) is 6.22. The van der Waals surface area contributed by atoms with Crippen molar-refractivity contribution in [3.8, 4) is 11.5 Å². The van der Waals surface area contributed by atoms with Gasteiger partial charge in [-0.05, 0) is 44.4 Å². The van der Waals surface area contributed by atoms with E-state index in [-0.39, 0.29) is 5.72 Å². The quantitative estimate of drug-likeness (QED) is 0.834. The maximum absolute atomic E-state index is 5.71. The van der Waals surface area contributed by atoms with Gasteiger partial charge in [-0.3, -0.25) is 4.90 Å². The fraction of sp³-hybridized carbons (Fsp3) is 0.600. The highest BCUT2D eigenvalue weighted by atomic mass is 16.7. The number of ether oxygens (including phenoxy) is 3. The topological polar surface area (TPSA) is 30.9 Å². The van der Waals surface area contributed by atoms with Crippen LogP contribution in [0.2, 0.25) is 0 Å². The molecule has 2 aliphatic heterocycles. The third-order valence-electron chi connectivity index (χ3n) is 3.91. The Morgan fingerprint density at radius 2 is 2.05 bits per heavy atom. The molecule has 1 aromatic rings. The van der Waals surface area contributed by atoms with Gasteiger partial charge in [0.15, 0.2) is 11.5 Å². The summed E-state index contributed by atoms with van der Waals surface area (Å²) in [5, 5.41) is 0. The molecule has 0 N–H and O–H groups in total. The molecule has 0 atom stereocenters. The first kappa shape index (κ1) is 12.8. The standard InChI is InChI=1S/C15H21NO3/c1-15(2)16(8-9-19-15)7-3-4-12-5-6-13-14(10-12)18-11-17-13/h5-6,10H,3-4,7-9,11H2,1-2H3. The maximum Gasteiger partial charge on any atom is 0.231 e. The molecule has 4 heteroatoms. The van der Waals surface area contributed by atoms with Crippen LogP contribution in [0.1, 0.15) is 25.8 Å². The van der Waals surface area contributed by atoms with Crippen LogP contribution in [-0.4, -0.2) is 37.1 Å². The lowest BCUT2D eigenvalue weighted by molar-refractivity contribution is -0.0501. The van der Waals surface area contributed by atoms with E-state index < -0.39 is 0 Å².